The van der Waals surface area contributed by atoms with Crippen LogP contribution in [0, 0.1) is 5.92 Å². The minimum Gasteiger partial charge on any atom is -0.328 e. The molecule has 0 amide bonds. The van der Waals surface area contributed by atoms with Gasteiger partial charge in [-0.2, -0.15) is 0 Å². The van der Waals surface area contributed by atoms with Crippen molar-refractivity contribution in [2.75, 3.05) is 24.6 Å². The fourth-order valence-corrected chi connectivity index (χ4v) is 4.40. The average molecular weight is 232 g/mol. The van der Waals surface area contributed by atoms with E-state index in [1.165, 1.54) is 0 Å². The normalized spacial score (nSPS) is 38.3. The zero-order valence-corrected chi connectivity index (χ0v) is 10.0. The van der Waals surface area contributed by atoms with Gasteiger partial charge >= 0.3 is 0 Å². The molecule has 0 aliphatic carbocycles. The molecule has 2 fully saturated rings. The molecule has 2 aliphatic heterocycles. The Balaban J connectivity index is 1.92. The molecule has 0 spiro atoms. The highest BCUT2D eigenvalue weighted by Crippen LogP contribution is 2.25. The molecule has 0 aromatic heterocycles. The van der Waals surface area contributed by atoms with Gasteiger partial charge in [0, 0.05) is 18.6 Å². The predicted octanol–water partition coefficient (Wildman–Crippen LogP) is -0.157. The molecule has 0 aromatic rings. The summed E-state index contributed by atoms with van der Waals surface area (Å²) in [4.78, 5) is 2.32. The standard InChI is InChI=1S/C10H20N2O2S/c1-8(11)9-2-4-12(6-9)10-3-5-15(13,14)7-10/h8-10H,2-7,11H2,1H3. The van der Waals surface area contributed by atoms with E-state index in [0.29, 0.717) is 17.4 Å². The topological polar surface area (TPSA) is 63.4 Å². The Hall–Kier alpha value is -0.130. The third-order valence-corrected chi connectivity index (χ3v) is 5.47. The maximum atomic E-state index is 11.4. The molecule has 3 atom stereocenters. The van der Waals surface area contributed by atoms with Gasteiger partial charge < -0.3 is 5.73 Å². The van der Waals surface area contributed by atoms with E-state index in [4.69, 9.17) is 5.73 Å². The zero-order valence-electron chi connectivity index (χ0n) is 9.22. The molecule has 2 aliphatic rings. The van der Waals surface area contributed by atoms with Crippen molar-refractivity contribution < 1.29 is 8.42 Å². The highest BCUT2D eigenvalue weighted by molar-refractivity contribution is 7.91. The Morgan fingerprint density at radius 1 is 1.40 bits per heavy atom. The molecule has 15 heavy (non-hydrogen) atoms. The SMILES string of the molecule is CC(N)C1CCN(C2CCS(=O)(=O)C2)C1. The largest absolute Gasteiger partial charge is 0.328 e. The smallest absolute Gasteiger partial charge is 0.151 e. The Labute approximate surface area is 91.7 Å². The quantitative estimate of drug-likeness (QED) is 0.719. The van der Waals surface area contributed by atoms with E-state index in [1.54, 1.807) is 0 Å². The summed E-state index contributed by atoms with van der Waals surface area (Å²) in [7, 11) is -2.74. The number of hydrogen-bond acceptors (Lipinski definition) is 4. The summed E-state index contributed by atoms with van der Waals surface area (Å²) in [6.07, 6.45) is 1.93. The van der Waals surface area contributed by atoms with Crippen LogP contribution in [0.3, 0.4) is 0 Å². The number of nitrogens with zero attached hydrogens (tertiary/aromatic N) is 1. The summed E-state index contributed by atoms with van der Waals surface area (Å²) in [6, 6.07) is 0.492. The summed E-state index contributed by atoms with van der Waals surface area (Å²) in [5.74, 6) is 1.28. The lowest BCUT2D eigenvalue weighted by Gasteiger charge is -2.23. The van der Waals surface area contributed by atoms with E-state index in [2.05, 4.69) is 4.90 Å². The Morgan fingerprint density at radius 2 is 2.13 bits per heavy atom. The van der Waals surface area contributed by atoms with Crippen LogP contribution in [0.2, 0.25) is 0 Å². The van der Waals surface area contributed by atoms with E-state index < -0.39 is 9.84 Å². The minimum atomic E-state index is -2.74. The Kier molecular flexibility index (Phi) is 3.05. The third-order valence-electron chi connectivity index (χ3n) is 3.72. The molecule has 0 radical (unpaired) electrons. The number of likely N-dealkylation sites (tertiary alicyclic amines) is 1. The molecule has 0 aromatic carbocycles. The van der Waals surface area contributed by atoms with Crippen molar-refractivity contribution in [1.82, 2.24) is 4.90 Å². The van der Waals surface area contributed by atoms with Gasteiger partial charge in [-0.3, -0.25) is 4.90 Å². The van der Waals surface area contributed by atoms with Crippen LogP contribution in [0.5, 0.6) is 0 Å². The first-order valence-corrected chi connectivity index (χ1v) is 7.50. The molecular weight excluding hydrogens is 212 g/mol. The molecule has 2 saturated heterocycles. The number of hydrogen-bond donors (Lipinski definition) is 1. The second-order valence-corrected chi connectivity index (χ2v) is 7.19. The Morgan fingerprint density at radius 3 is 2.60 bits per heavy atom. The van der Waals surface area contributed by atoms with Gasteiger partial charge in [0.1, 0.15) is 0 Å². The summed E-state index contributed by atoms with van der Waals surface area (Å²) in [6.45, 7) is 4.05. The lowest BCUT2D eigenvalue weighted by molar-refractivity contribution is 0.249. The van der Waals surface area contributed by atoms with Crippen LogP contribution in [0.4, 0.5) is 0 Å². The van der Waals surface area contributed by atoms with E-state index in [1.807, 2.05) is 6.92 Å². The Bertz CT molecular complexity index is 326. The number of sulfone groups is 1. The summed E-state index contributed by atoms with van der Waals surface area (Å²) in [5.41, 5.74) is 5.87. The first-order valence-electron chi connectivity index (χ1n) is 5.68. The van der Waals surface area contributed by atoms with Crippen LogP contribution in [-0.4, -0.2) is 50.0 Å². The van der Waals surface area contributed by atoms with Crippen molar-refractivity contribution in [2.45, 2.75) is 31.8 Å². The van der Waals surface area contributed by atoms with Gasteiger partial charge in [0.15, 0.2) is 9.84 Å². The lowest BCUT2D eigenvalue weighted by Crippen LogP contribution is -2.36. The summed E-state index contributed by atoms with van der Waals surface area (Å²) >= 11 is 0. The monoisotopic (exact) mass is 232 g/mol. The second-order valence-electron chi connectivity index (χ2n) is 4.96. The average Bonchev–Trinajstić information content (AvgIpc) is 2.70. The molecule has 2 rings (SSSR count). The van der Waals surface area contributed by atoms with Gasteiger partial charge in [0.2, 0.25) is 0 Å². The molecule has 88 valence electrons. The number of rotatable bonds is 2. The van der Waals surface area contributed by atoms with Gasteiger partial charge in [0.05, 0.1) is 11.5 Å². The first-order chi connectivity index (χ1) is 6.98. The van der Waals surface area contributed by atoms with Gasteiger partial charge in [-0.25, -0.2) is 8.42 Å². The molecule has 4 nitrogen and oxygen atoms in total. The van der Waals surface area contributed by atoms with Crippen LogP contribution in [0.25, 0.3) is 0 Å². The van der Waals surface area contributed by atoms with Gasteiger partial charge in [-0.05, 0) is 32.2 Å². The van der Waals surface area contributed by atoms with E-state index in [0.717, 1.165) is 25.9 Å². The van der Waals surface area contributed by atoms with Crippen LogP contribution >= 0.6 is 0 Å². The fourth-order valence-electron chi connectivity index (χ4n) is 2.64. The maximum absolute atomic E-state index is 11.4. The van der Waals surface area contributed by atoms with E-state index >= 15 is 0 Å². The van der Waals surface area contributed by atoms with Crippen LogP contribution in [0.1, 0.15) is 19.8 Å². The third kappa shape index (κ3) is 2.52. The van der Waals surface area contributed by atoms with Crippen molar-refractivity contribution in [1.29, 1.82) is 0 Å². The van der Waals surface area contributed by atoms with Gasteiger partial charge in [-0.1, -0.05) is 0 Å². The molecule has 0 saturated carbocycles. The maximum Gasteiger partial charge on any atom is 0.151 e. The lowest BCUT2D eigenvalue weighted by atomic mass is 10.0. The highest BCUT2D eigenvalue weighted by atomic mass is 32.2. The van der Waals surface area contributed by atoms with Crippen LogP contribution in [-0.2, 0) is 9.84 Å². The second kappa shape index (κ2) is 4.03. The van der Waals surface area contributed by atoms with Crippen molar-refractivity contribution in [3.63, 3.8) is 0 Å². The first kappa shape index (κ1) is 11.4. The van der Waals surface area contributed by atoms with E-state index in [9.17, 15) is 8.42 Å². The van der Waals surface area contributed by atoms with Gasteiger partial charge in [0.25, 0.3) is 0 Å². The minimum absolute atomic E-state index is 0.230. The number of nitrogens with two attached hydrogens (primary N) is 1. The van der Waals surface area contributed by atoms with Crippen molar-refractivity contribution >= 4 is 9.84 Å². The van der Waals surface area contributed by atoms with Crippen molar-refractivity contribution in [3.8, 4) is 0 Å². The summed E-state index contributed by atoms with van der Waals surface area (Å²) in [5, 5.41) is 0. The molecule has 3 unspecified atom stereocenters. The molecule has 0 bridgehead atoms. The van der Waals surface area contributed by atoms with Crippen LogP contribution < -0.4 is 5.73 Å². The van der Waals surface area contributed by atoms with Gasteiger partial charge in [-0.15, -0.1) is 0 Å². The van der Waals surface area contributed by atoms with Crippen molar-refractivity contribution in [3.05, 3.63) is 0 Å². The fraction of sp³-hybridized carbons (Fsp3) is 1.00. The van der Waals surface area contributed by atoms with Crippen molar-refractivity contribution in [2.24, 2.45) is 11.7 Å². The molecule has 2 heterocycles. The zero-order chi connectivity index (χ0) is 11.1. The summed E-state index contributed by atoms with van der Waals surface area (Å²) < 4.78 is 22.7. The highest BCUT2D eigenvalue weighted by Gasteiger charge is 2.36. The predicted molar refractivity (Wildman–Crippen MR) is 60.4 cm³/mol. The van der Waals surface area contributed by atoms with Crippen LogP contribution in [0.15, 0.2) is 0 Å². The molecular formula is C10H20N2O2S. The molecule has 2 N–H and O–H groups in total. The van der Waals surface area contributed by atoms with E-state index in [-0.39, 0.29) is 12.1 Å². The molecule has 5 heteroatoms.